The predicted octanol–water partition coefficient (Wildman–Crippen LogP) is 2.68. The lowest BCUT2D eigenvalue weighted by Gasteiger charge is -2.23. The Morgan fingerprint density at radius 3 is 2.52 bits per heavy atom. The summed E-state index contributed by atoms with van der Waals surface area (Å²) in [7, 11) is -1.74. The van der Waals surface area contributed by atoms with E-state index in [1.807, 2.05) is 0 Å². The number of aryl methyl sites for hydroxylation is 1. The Labute approximate surface area is 150 Å². The summed E-state index contributed by atoms with van der Waals surface area (Å²) in [4.78, 5) is 22.2. The Morgan fingerprint density at radius 1 is 1.32 bits per heavy atom. The van der Waals surface area contributed by atoms with Gasteiger partial charge in [-0.1, -0.05) is 18.3 Å². The lowest BCUT2D eigenvalue weighted by Crippen LogP contribution is -2.39. The summed E-state index contributed by atoms with van der Waals surface area (Å²) in [6, 6.07) is 1.32. The smallest absolute Gasteiger partial charge is 0.231 e. The molecular weight excluding hydrogens is 365 g/mol. The molecule has 2 aromatic heterocycles. The first-order valence-corrected chi connectivity index (χ1v) is 10.3. The second-order valence-corrected chi connectivity index (χ2v) is 9.40. The van der Waals surface area contributed by atoms with Crippen molar-refractivity contribution >= 4 is 32.1 Å². The van der Waals surface area contributed by atoms with Gasteiger partial charge in [-0.05, 0) is 19.9 Å². The predicted molar refractivity (Wildman–Crippen MR) is 96.9 cm³/mol. The normalized spacial score (nSPS) is 14.2. The zero-order valence-corrected chi connectivity index (χ0v) is 16.3. The van der Waals surface area contributed by atoms with Crippen LogP contribution in [0.1, 0.15) is 19.5 Å². The van der Waals surface area contributed by atoms with Gasteiger partial charge in [0.1, 0.15) is 15.8 Å². The molecular formula is C16H20FN3O3S2. The van der Waals surface area contributed by atoms with Gasteiger partial charge in [-0.15, -0.1) is 0 Å². The molecule has 0 radical (unpaired) electrons. The van der Waals surface area contributed by atoms with Gasteiger partial charge >= 0.3 is 0 Å². The van der Waals surface area contributed by atoms with Gasteiger partial charge in [0.25, 0.3) is 0 Å². The molecule has 0 aliphatic carbocycles. The average Bonchev–Trinajstić information content (AvgIpc) is 2.93. The molecule has 2 rings (SSSR count). The monoisotopic (exact) mass is 385 g/mol. The molecule has 0 aromatic carbocycles. The van der Waals surface area contributed by atoms with E-state index >= 15 is 0 Å². The van der Waals surface area contributed by atoms with Crippen LogP contribution in [0.25, 0.3) is 10.6 Å². The van der Waals surface area contributed by atoms with E-state index in [2.05, 4.69) is 9.97 Å². The molecule has 2 heterocycles. The van der Waals surface area contributed by atoms with Crippen molar-refractivity contribution in [1.82, 2.24) is 9.97 Å². The van der Waals surface area contributed by atoms with Crippen LogP contribution in [0.2, 0.25) is 0 Å². The van der Waals surface area contributed by atoms with Gasteiger partial charge in [0.2, 0.25) is 5.91 Å². The van der Waals surface area contributed by atoms with Crippen molar-refractivity contribution in [1.29, 1.82) is 0 Å². The molecule has 136 valence electrons. The Bertz CT molecular complexity index is 896. The molecule has 0 bridgehead atoms. The van der Waals surface area contributed by atoms with E-state index in [1.165, 1.54) is 35.4 Å². The Morgan fingerprint density at radius 2 is 1.96 bits per heavy atom. The Balaban J connectivity index is 2.31. The average molecular weight is 385 g/mol. The Kier molecular flexibility index (Phi) is 5.58. The highest BCUT2D eigenvalue weighted by Crippen LogP contribution is 2.34. The summed E-state index contributed by atoms with van der Waals surface area (Å²) < 4.78 is 36.7. The second-order valence-electron chi connectivity index (χ2n) is 6.02. The minimum absolute atomic E-state index is 0.311. The molecule has 6 nitrogen and oxygen atoms in total. The van der Waals surface area contributed by atoms with E-state index in [4.69, 9.17) is 0 Å². The number of nitrogens with zero attached hydrogens (tertiary/aromatic N) is 3. The Hall–Kier alpha value is -1.87. The van der Waals surface area contributed by atoms with Gasteiger partial charge in [0.05, 0.1) is 23.1 Å². The molecule has 1 amide bonds. The highest BCUT2D eigenvalue weighted by atomic mass is 32.2. The van der Waals surface area contributed by atoms with Crippen molar-refractivity contribution in [2.45, 2.75) is 26.0 Å². The zero-order chi connectivity index (χ0) is 18.9. The van der Waals surface area contributed by atoms with Crippen LogP contribution in [0, 0.1) is 18.7 Å². The van der Waals surface area contributed by atoms with Gasteiger partial charge in [0.15, 0.2) is 9.84 Å². The fraction of sp³-hybridized carbons (Fsp3) is 0.438. The number of rotatable bonds is 5. The maximum Gasteiger partial charge on any atom is 0.231 e. The standard InChI is InChI=1S/C16H20FN3O3S2/c1-9(11(3)25(5,22)23)15(21)20(4)16-10(2)19-14(24-16)12-6-13(17)8-18-7-12/h6-9,11H,1-5H3. The first-order valence-electron chi connectivity index (χ1n) is 7.57. The summed E-state index contributed by atoms with van der Waals surface area (Å²) in [5.41, 5.74) is 1.14. The van der Waals surface area contributed by atoms with Crippen LogP contribution >= 0.6 is 11.3 Å². The maximum atomic E-state index is 13.3. The SMILES string of the molecule is Cc1nc(-c2cncc(F)c2)sc1N(C)C(=O)C(C)C(C)S(C)(=O)=O. The topological polar surface area (TPSA) is 80.2 Å². The number of halogens is 1. The number of carbonyl (C=O) groups excluding carboxylic acids is 1. The number of aromatic nitrogens is 2. The molecule has 2 atom stereocenters. The number of hydrogen-bond donors (Lipinski definition) is 0. The van der Waals surface area contributed by atoms with E-state index < -0.39 is 26.8 Å². The van der Waals surface area contributed by atoms with Gasteiger partial charge in [-0.2, -0.15) is 0 Å². The summed E-state index contributed by atoms with van der Waals surface area (Å²) in [5.74, 6) is -1.47. The van der Waals surface area contributed by atoms with Gasteiger partial charge in [-0.25, -0.2) is 17.8 Å². The first kappa shape index (κ1) is 19.5. The highest BCUT2D eigenvalue weighted by molar-refractivity contribution is 7.91. The van der Waals surface area contributed by atoms with E-state index in [-0.39, 0.29) is 5.91 Å². The van der Waals surface area contributed by atoms with Gasteiger partial charge in [-0.3, -0.25) is 9.78 Å². The molecule has 0 saturated carbocycles. The lowest BCUT2D eigenvalue weighted by atomic mass is 10.1. The maximum absolute atomic E-state index is 13.3. The van der Waals surface area contributed by atoms with Gasteiger partial charge < -0.3 is 4.90 Å². The number of carbonyl (C=O) groups is 1. The summed E-state index contributed by atoms with van der Waals surface area (Å²) in [6.07, 6.45) is 3.73. The van der Waals surface area contributed by atoms with Crippen molar-refractivity contribution in [2.24, 2.45) is 5.92 Å². The minimum Gasteiger partial charge on any atom is -0.305 e. The van der Waals surface area contributed by atoms with Crippen LogP contribution in [0.15, 0.2) is 18.5 Å². The molecule has 2 aromatic rings. The minimum atomic E-state index is -3.33. The fourth-order valence-corrected chi connectivity index (χ4v) is 4.20. The van der Waals surface area contributed by atoms with Crippen molar-refractivity contribution in [3.8, 4) is 10.6 Å². The largest absolute Gasteiger partial charge is 0.305 e. The van der Waals surface area contributed by atoms with E-state index in [9.17, 15) is 17.6 Å². The third-order valence-electron chi connectivity index (χ3n) is 4.13. The summed E-state index contributed by atoms with van der Waals surface area (Å²) in [6.45, 7) is 4.87. The summed E-state index contributed by atoms with van der Waals surface area (Å²) >= 11 is 1.23. The van der Waals surface area contributed by atoms with Crippen molar-refractivity contribution in [2.75, 3.05) is 18.2 Å². The van der Waals surface area contributed by atoms with Crippen molar-refractivity contribution < 1.29 is 17.6 Å². The summed E-state index contributed by atoms with van der Waals surface area (Å²) in [5, 5.41) is 0.349. The second kappa shape index (κ2) is 7.17. The van der Waals surface area contributed by atoms with Crippen LogP contribution in [0.5, 0.6) is 0 Å². The van der Waals surface area contributed by atoms with Crippen molar-refractivity contribution in [3.05, 3.63) is 30.0 Å². The zero-order valence-electron chi connectivity index (χ0n) is 14.6. The van der Waals surface area contributed by atoms with E-state index in [0.29, 0.717) is 21.3 Å². The molecule has 0 N–H and O–H groups in total. The number of amides is 1. The third-order valence-corrected chi connectivity index (χ3v) is 7.17. The van der Waals surface area contributed by atoms with Crippen LogP contribution in [0.4, 0.5) is 9.39 Å². The number of anilines is 1. The molecule has 9 heteroatoms. The van der Waals surface area contributed by atoms with Crippen LogP contribution in [-0.4, -0.2) is 42.8 Å². The number of thiazole rings is 1. The number of sulfone groups is 1. The molecule has 2 unspecified atom stereocenters. The van der Waals surface area contributed by atoms with Gasteiger partial charge in [0, 0.05) is 25.1 Å². The lowest BCUT2D eigenvalue weighted by molar-refractivity contribution is -0.121. The van der Waals surface area contributed by atoms with Crippen LogP contribution in [0.3, 0.4) is 0 Å². The van der Waals surface area contributed by atoms with Crippen LogP contribution < -0.4 is 4.90 Å². The molecule has 0 aliphatic heterocycles. The molecule has 0 spiro atoms. The first-order chi connectivity index (χ1) is 11.5. The van der Waals surface area contributed by atoms with Crippen molar-refractivity contribution in [3.63, 3.8) is 0 Å². The third kappa shape index (κ3) is 4.21. The quantitative estimate of drug-likeness (QED) is 0.790. The fourth-order valence-electron chi connectivity index (χ4n) is 2.33. The molecule has 0 fully saturated rings. The highest BCUT2D eigenvalue weighted by Gasteiger charge is 2.31. The van der Waals surface area contributed by atoms with E-state index in [1.54, 1.807) is 20.9 Å². The number of hydrogen-bond acceptors (Lipinski definition) is 6. The van der Waals surface area contributed by atoms with Crippen LogP contribution in [-0.2, 0) is 14.6 Å². The molecule has 25 heavy (non-hydrogen) atoms. The molecule has 0 saturated heterocycles. The molecule has 0 aliphatic rings. The number of pyridine rings is 1. The van der Waals surface area contributed by atoms with E-state index in [0.717, 1.165) is 12.5 Å².